The fraction of sp³-hybridized carbons (Fsp3) is 0.406. The molecule has 0 aliphatic heterocycles. The van der Waals surface area contributed by atoms with E-state index in [2.05, 4.69) is 21.0 Å². The van der Waals surface area contributed by atoms with E-state index in [-0.39, 0.29) is 24.7 Å². The molecule has 0 radical (unpaired) electrons. The molecular formula is C32H42N6O6. The second-order valence-electron chi connectivity index (χ2n) is 11.8. The van der Waals surface area contributed by atoms with Crippen molar-refractivity contribution in [3.05, 3.63) is 78.0 Å². The van der Waals surface area contributed by atoms with Gasteiger partial charge in [0.2, 0.25) is 11.8 Å². The van der Waals surface area contributed by atoms with E-state index in [1.54, 1.807) is 39.0 Å². The molecule has 0 saturated carbocycles. The van der Waals surface area contributed by atoms with E-state index in [0.29, 0.717) is 5.52 Å². The van der Waals surface area contributed by atoms with E-state index >= 15 is 0 Å². The van der Waals surface area contributed by atoms with Gasteiger partial charge in [0.05, 0.1) is 24.1 Å². The molecule has 1 heterocycles. The van der Waals surface area contributed by atoms with E-state index in [4.69, 9.17) is 10.5 Å². The maximum absolute atomic E-state index is 13.5. The molecule has 3 atom stereocenters. The topological polar surface area (TPSA) is 176 Å². The van der Waals surface area contributed by atoms with Crippen molar-refractivity contribution < 1.29 is 29.0 Å². The lowest BCUT2D eigenvalue weighted by molar-refractivity contribution is -0.128. The molecule has 236 valence electrons. The highest BCUT2D eigenvalue weighted by Crippen LogP contribution is 2.14. The number of aromatic nitrogens is 1. The van der Waals surface area contributed by atoms with E-state index in [1.165, 1.54) is 11.1 Å². The van der Waals surface area contributed by atoms with Crippen LogP contribution in [-0.2, 0) is 20.7 Å². The van der Waals surface area contributed by atoms with Crippen molar-refractivity contribution in [2.75, 3.05) is 6.54 Å². The number of hydrazine groups is 1. The molecule has 0 spiro atoms. The Bertz CT molecular complexity index is 1440. The maximum atomic E-state index is 13.5. The Balaban J connectivity index is 1.80. The van der Waals surface area contributed by atoms with Crippen LogP contribution in [0.4, 0.5) is 4.79 Å². The number of hydrogen-bond donors (Lipinski definition) is 5. The SMILES string of the molecule is CC(C)N(C[C@H](O)[C@H](Cc1ccccc1)NC(=O)[C@H](CC(N)=O)NC(=O)c1ccc2ccccc2n1)NC(=O)OC(C)(C)C. The molecule has 0 saturated heterocycles. The first-order valence-electron chi connectivity index (χ1n) is 14.5. The van der Waals surface area contributed by atoms with Gasteiger partial charge in [0.25, 0.3) is 5.91 Å². The van der Waals surface area contributed by atoms with Gasteiger partial charge in [-0.05, 0) is 58.7 Å². The number of pyridine rings is 1. The van der Waals surface area contributed by atoms with Crippen LogP contribution in [0.15, 0.2) is 66.7 Å². The average Bonchev–Trinajstić information content (AvgIpc) is 2.95. The van der Waals surface area contributed by atoms with Gasteiger partial charge < -0.3 is 26.2 Å². The van der Waals surface area contributed by atoms with Crippen molar-refractivity contribution in [2.24, 2.45) is 5.73 Å². The number of nitrogens with zero attached hydrogens (tertiary/aromatic N) is 2. The zero-order valence-electron chi connectivity index (χ0n) is 25.7. The Hall–Kier alpha value is -4.55. The minimum Gasteiger partial charge on any atom is -0.443 e. The summed E-state index contributed by atoms with van der Waals surface area (Å²) in [6.07, 6.45) is -2.13. The molecule has 44 heavy (non-hydrogen) atoms. The number of nitrogens with two attached hydrogens (primary N) is 1. The lowest BCUT2D eigenvalue weighted by Gasteiger charge is -2.33. The first kappa shape index (κ1) is 33.9. The molecule has 6 N–H and O–H groups in total. The van der Waals surface area contributed by atoms with Gasteiger partial charge >= 0.3 is 6.09 Å². The predicted molar refractivity (Wildman–Crippen MR) is 166 cm³/mol. The molecular weight excluding hydrogens is 564 g/mol. The number of hydrogen-bond acceptors (Lipinski definition) is 8. The zero-order chi connectivity index (χ0) is 32.4. The highest BCUT2D eigenvalue weighted by Gasteiger charge is 2.31. The molecule has 12 heteroatoms. The number of primary amides is 1. The van der Waals surface area contributed by atoms with Crippen LogP contribution >= 0.6 is 0 Å². The molecule has 0 aliphatic carbocycles. The van der Waals surface area contributed by atoms with E-state index in [9.17, 15) is 24.3 Å². The van der Waals surface area contributed by atoms with Crippen molar-refractivity contribution in [3.63, 3.8) is 0 Å². The largest absolute Gasteiger partial charge is 0.443 e. The van der Waals surface area contributed by atoms with Gasteiger partial charge in [0.1, 0.15) is 17.3 Å². The average molecular weight is 607 g/mol. The van der Waals surface area contributed by atoms with Gasteiger partial charge in [-0.15, -0.1) is 0 Å². The molecule has 0 bridgehead atoms. The quantitative estimate of drug-likeness (QED) is 0.184. The summed E-state index contributed by atoms with van der Waals surface area (Å²) in [5.41, 5.74) is 8.84. The zero-order valence-corrected chi connectivity index (χ0v) is 25.7. The predicted octanol–water partition coefficient (Wildman–Crippen LogP) is 2.45. The van der Waals surface area contributed by atoms with Crippen molar-refractivity contribution in [2.45, 2.75) is 77.3 Å². The summed E-state index contributed by atoms with van der Waals surface area (Å²) in [6, 6.07) is 17.3. The van der Waals surface area contributed by atoms with Crippen molar-refractivity contribution in [1.82, 2.24) is 26.1 Å². The normalized spacial score (nSPS) is 13.6. The lowest BCUT2D eigenvalue weighted by Crippen LogP contribution is -2.58. The van der Waals surface area contributed by atoms with Crippen LogP contribution in [0.2, 0.25) is 0 Å². The Labute approximate surface area is 257 Å². The summed E-state index contributed by atoms with van der Waals surface area (Å²) < 4.78 is 5.35. The number of aliphatic hydroxyl groups is 1. The number of carbonyl (C=O) groups is 4. The Morgan fingerprint density at radius 1 is 0.955 bits per heavy atom. The van der Waals surface area contributed by atoms with Crippen LogP contribution in [0.1, 0.15) is 57.1 Å². The van der Waals surface area contributed by atoms with Crippen LogP contribution in [0, 0.1) is 0 Å². The van der Waals surface area contributed by atoms with Crippen LogP contribution in [0.25, 0.3) is 10.9 Å². The summed E-state index contributed by atoms with van der Waals surface area (Å²) in [5, 5.41) is 19.1. The molecule has 12 nitrogen and oxygen atoms in total. The number of para-hydroxylation sites is 1. The Morgan fingerprint density at radius 3 is 2.25 bits per heavy atom. The minimum atomic E-state index is -1.33. The third-order valence-electron chi connectivity index (χ3n) is 6.59. The number of fused-ring (bicyclic) bond motifs is 1. The molecule has 1 aromatic heterocycles. The molecule has 3 aromatic rings. The first-order valence-corrected chi connectivity index (χ1v) is 14.5. The van der Waals surface area contributed by atoms with E-state index in [0.717, 1.165) is 10.9 Å². The number of benzene rings is 2. The monoisotopic (exact) mass is 606 g/mol. The molecule has 0 unspecified atom stereocenters. The third kappa shape index (κ3) is 10.6. The van der Waals surface area contributed by atoms with Crippen molar-refractivity contribution in [1.29, 1.82) is 0 Å². The number of carbonyl (C=O) groups excluding carboxylic acids is 4. The van der Waals surface area contributed by atoms with Crippen LogP contribution in [-0.4, -0.2) is 75.3 Å². The maximum Gasteiger partial charge on any atom is 0.422 e. The summed E-state index contributed by atoms with van der Waals surface area (Å²) in [6.45, 7) is 8.81. The minimum absolute atomic E-state index is 0.0626. The van der Waals surface area contributed by atoms with Gasteiger partial charge in [0.15, 0.2) is 0 Å². The van der Waals surface area contributed by atoms with Gasteiger partial charge in [0, 0.05) is 18.0 Å². The highest BCUT2D eigenvalue weighted by atomic mass is 16.6. The number of rotatable bonds is 13. The van der Waals surface area contributed by atoms with Gasteiger partial charge in [-0.25, -0.2) is 14.8 Å². The lowest BCUT2D eigenvalue weighted by atomic mass is 9.99. The second kappa shape index (κ2) is 15.3. The summed E-state index contributed by atoms with van der Waals surface area (Å²) in [4.78, 5) is 55.4. The molecule has 0 aliphatic rings. The number of ether oxygens (including phenoxy) is 1. The fourth-order valence-corrected chi connectivity index (χ4v) is 4.40. The second-order valence-corrected chi connectivity index (χ2v) is 11.8. The number of amides is 4. The smallest absolute Gasteiger partial charge is 0.422 e. The molecule has 2 aromatic carbocycles. The third-order valence-corrected chi connectivity index (χ3v) is 6.59. The molecule has 0 fully saturated rings. The van der Waals surface area contributed by atoms with Gasteiger partial charge in [-0.1, -0.05) is 54.6 Å². The van der Waals surface area contributed by atoms with Crippen LogP contribution < -0.4 is 21.8 Å². The molecule has 4 amide bonds. The van der Waals surface area contributed by atoms with Crippen molar-refractivity contribution >= 4 is 34.7 Å². The number of aliphatic hydroxyl groups excluding tert-OH is 1. The first-order chi connectivity index (χ1) is 20.7. The van der Waals surface area contributed by atoms with Gasteiger partial charge in [-0.2, -0.15) is 0 Å². The number of nitrogens with one attached hydrogen (secondary N) is 3. The standard InChI is InChI=1S/C32H42N6O6/c1-20(2)38(37-31(43)44-32(3,4)5)19-27(39)25(17-21-11-7-6-8-12-21)35-30(42)26(18-28(33)40)36-29(41)24-16-15-22-13-9-10-14-23(22)34-24/h6-16,20,25-27,39H,17-19H2,1-5H3,(H2,33,40)(H,35,42)(H,36,41)(H,37,43)/t25-,26-,27-/m0/s1. The summed E-state index contributed by atoms with van der Waals surface area (Å²) in [7, 11) is 0. The van der Waals surface area contributed by atoms with E-state index < -0.39 is 54.0 Å². The van der Waals surface area contributed by atoms with Crippen molar-refractivity contribution in [3.8, 4) is 0 Å². The Morgan fingerprint density at radius 2 is 1.61 bits per heavy atom. The molecule has 3 rings (SSSR count). The van der Waals surface area contributed by atoms with E-state index in [1.807, 2.05) is 56.3 Å². The Kier molecular flexibility index (Phi) is 11.8. The van der Waals surface area contributed by atoms with Crippen LogP contribution in [0.5, 0.6) is 0 Å². The summed E-state index contributed by atoms with van der Waals surface area (Å²) >= 11 is 0. The van der Waals surface area contributed by atoms with Gasteiger partial charge in [-0.3, -0.25) is 19.8 Å². The fourth-order valence-electron chi connectivity index (χ4n) is 4.40. The van der Waals surface area contributed by atoms with Crippen LogP contribution in [0.3, 0.4) is 0 Å². The summed E-state index contributed by atoms with van der Waals surface area (Å²) in [5.74, 6) is -2.18. The highest BCUT2D eigenvalue weighted by molar-refractivity contribution is 5.99.